The van der Waals surface area contributed by atoms with Crippen LogP contribution in [0.3, 0.4) is 0 Å². The maximum absolute atomic E-state index is 12.6. The molecule has 274 valence electrons. The van der Waals surface area contributed by atoms with Gasteiger partial charge in [0.1, 0.15) is 31.2 Å². The van der Waals surface area contributed by atoms with Crippen LogP contribution in [0.1, 0.15) is 56.6 Å². The minimum atomic E-state index is -1.90. The molecule has 49 heavy (non-hydrogen) atoms. The molecule has 0 bridgehead atoms. The van der Waals surface area contributed by atoms with Crippen molar-refractivity contribution < 1.29 is 23.4 Å². The third kappa shape index (κ3) is 14.1. The van der Waals surface area contributed by atoms with Crippen LogP contribution in [0, 0.1) is 5.92 Å². The lowest BCUT2D eigenvalue weighted by Crippen LogP contribution is -2.40. The van der Waals surface area contributed by atoms with Gasteiger partial charge in [0.15, 0.2) is 8.32 Å². The number of aromatic nitrogens is 4. The van der Waals surface area contributed by atoms with Gasteiger partial charge in [-0.1, -0.05) is 84.3 Å². The Kier molecular flexibility index (Phi) is 14.9. The zero-order chi connectivity index (χ0) is 36.5. The standard InChI is InChI=1S/C37H64N4O5Si3/c1-30(42)46-36(32-15-13-31(14-16-32)27-45-49(11,12)37(2,3)4)33(25-34-38-17-19-40(34)28-43-21-23-47(5,6)7)26-35-39-18-20-41(35)29-44-22-24-48(8,9)10/h13-20,33,36H,21-29H2,1-12H3. The van der Waals surface area contributed by atoms with E-state index in [9.17, 15) is 4.79 Å². The van der Waals surface area contributed by atoms with Crippen LogP contribution < -0.4 is 0 Å². The summed E-state index contributed by atoms with van der Waals surface area (Å²) in [6.07, 6.45) is 8.20. The van der Waals surface area contributed by atoms with Gasteiger partial charge in [-0.25, -0.2) is 9.97 Å². The summed E-state index contributed by atoms with van der Waals surface area (Å²) in [6, 6.07) is 10.5. The fraction of sp³-hybridized carbons (Fsp3) is 0.649. The number of ether oxygens (including phenoxy) is 3. The van der Waals surface area contributed by atoms with E-state index in [0.29, 0.717) is 32.9 Å². The Morgan fingerprint density at radius 1 is 0.776 bits per heavy atom. The summed E-state index contributed by atoms with van der Waals surface area (Å²) < 4.78 is 29.0. The molecule has 0 aliphatic carbocycles. The normalized spacial score (nSPS) is 13.7. The van der Waals surface area contributed by atoms with Gasteiger partial charge in [0, 0.05) is 79.8 Å². The van der Waals surface area contributed by atoms with Crippen LogP contribution in [0.4, 0.5) is 0 Å². The van der Waals surface area contributed by atoms with Crippen LogP contribution >= 0.6 is 0 Å². The number of carbonyl (C=O) groups is 1. The molecule has 3 aromatic rings. The second-order valence-corrected chi connectivity index (χ2v) is 33.4. The van der Waals surface area contributed by atoms with Crippen molar-refractivity contribution in [1.82, 2.24) is 19.1 Å². The molecule has 0 amide bonds. The fourth-order valence-electron chi connectivity index (χ4n) is 5.03. The highest BCUT2D eigenvalue weighted by Crippen LogP contribution is 2.37. The zero-order valence-corrected chi connectivity index (χ0v) is 35.5. The van der Waals surface area contributed by atoms with Crippen molar-refractivity contribution in [3.8, 4) is 0 Å². The van der Waals surface area contributed by atoms with Crippen molar-refractivity contribution in [3.05, 3.63) is 71.8 Å². The summed E-state index contributed by atoms with van der Waals surface area (Å²) >= 11 is 0. The van der Waals surface area contributed by atoms with Crippen LogP contribution in [0.5, 0.6) is 0 Å². The molecule has 1 aromatic carbocycles. The lowest BCUT2D eigenvalue weighted by molar-refractivity contribution is -0.149. The first-order valence-electron chi connectivity index (χ1n) is 17.8. The third-order valence-corrected chi connectivity index (χ3v) is 17.3. The van der Waals surface area contributed by atoms with Crippen LogP contribution in [-0.2, 0) is 56.3 Å². The SMILES string of the molecule is CC(=O)OC(c1ccc(CO[Si](C)(C)C(C)(C)C)cc1)C(Cc1nccn1COCC[Si](C)(C)C)Cc1nccn1COCC[Si](C)(C)C. The van der Waals surface area contributed by atoms with E-state index in [0.717, 1.165) is 48.1 Å². The number of nitrogens with zero attached hydrogens (tertiary/aromatic N) is 4. The quantitative estimate of drug-likeness (QED) is 0.0652. The van der Waals surface area contributed by atoms with Gasteiger partial charge in [0.25, 0.3) is 0 Å². The highest BCUT2D eigenvalue weighted by atomic mass is 28.4. The molecule has 1 unspecified atom stereocenters. The molecule has 2 aromatic heterocycles. The van der Waals surface area contributed by atoms with E-state index in [4.69, 9.17) is 28.6 Å². The molecule has 1 atom stereocenters. The number of benzene rings is 1. The summed E-state index contributed by atoms with van der Waals surface area (Å²) in [7, 11) is -4.30. The predicted molar refractivity (Wildman–Crippen MR) is 206 cm³/mol. The maximum Gasteiger partial charge on any atom is 0.303 e. The van der Waals surface area contributed by atoms with E-state index in [2.05, 4.69) is 107 Å². The highest BCUT2D eigenvalue weighted by molar-refractivity contribution is 6.76. The smallest absolute Gasteiger partial charge is 0.303 e. The van der Waals surface area contributed by atoms with Crippen LogP contribution in [-0.4, -0.2) is 62.8 Å². The molecule has 12 heteroatoms. The summed E-state index contributed by atoms with van der Waals surface area (Å²) in [4.78, 5) is 22.1. The first kappa shape index (κ1) is 41.1. The van der Waals surface area contributed by atoms with Gasteiger partial charge >= 0.3 is 5.97 Å². The molecule has 3 rings (SSSR count). The molecular weight excluding hydrogens is 665 g/mol. The second-order valence-electron chi connectivity index (χ2n) is 17.3. The van der Waals surface area contributed by atoms with Crippen LogP contribution in [0.25, 0.3) is 0 Å². The maximum atomic E-state index is 12.6. The number of imidazole rings is 2. The van der Waals surface area contributed by atoms with E-state index >= 15 is 0 Å². The first-order valence-corrected chi connectivity index (χ1v) is 28.1. The minimum Gasteiger partial charge on any atom is -0.457 e. The topological polar surface area (TPSA) is 89.6 Å². The average molecular weight is 729 g/mol. The number of rotatable bonds is 20. The van der Waals surface area contributed by atoms with Gasteiger partial charge in [0.2, 0.25) is 0 Å². The van der Waals surface area contributed by atoms with Crippen molar-refractivity contribution in [2.24, 2.45) is 5.92 Å². The summed E-state index contributed by atoms with van der Waals surface area (Å²) in [5.74, 6) is 1.30. The fourth-order valence-corrected chi connectivity index (χ4v) is 7.51. The molecule has 9 nitrogen and oxygen atoms in total. The van der Waals surface area contributed by atoms with Gasteiger partial charge < -0.3 is 27.8 Å². The zero-order valence-electron chi connectivity index (χ0n) is 32.5. The Bertz CT molecular complexity index is 1370. The Morgan fingerprint density at radius 3 is 1.65 bits per heavy atom. The Balaban J connectivity index is 1.89. The average Bonchev–Trinajstić information content (AvgIpc) is 3.62. The molecule has 0 N–H and O–H groups in total. The van der Waals surface area contributed by atoms with Crippen molar-refractivity contribution in [2.45, 2.75) is 136 Å². The van der Waals surface area contributed by atoms with E-state index < -0.39 is 30.6 Å². The number of hydrogen-bond acceptors (Lipinski definition) is 7. The third-order valence-electron chi connectivity index (χ3n) is 9.38. The van der Waals surface area contributed by atoms with Gasteiger partial charge in [-0.05, 0) is 41.3 Å². The van der Waals surface area contributed by atoms with Crippen LogP contribution in [0.2, 0.25) is 69.5 Å². The molecule has 0 radical (unpaired) electrons. The molecule has 0 aliphatic rings. The first-order chi connectivity index (χ1) is 22.7. The van der Waals surface area contributed by atoms with Crippen molar-refractivity contribution in [3.63, 3.8) is 0 Å². The van der Waals surface area contributed by atoms with Gasteiger partial charge in [-0.15, -0.1) is 0 Å². The number of esters is 1. The van der Waals surface area contributed by atoms with E-state index in [-0.39, 0.29) is 16.9 Å². The Labute approximate surface area is 299 Å². The van der Waals surface area contributed by atoms with Gasteiger partial charge in [-0.3, -0.25) is 4.79 Å². The lowest BCUT2D eigenvalue weighted by Gasteiger charge is -2.36. The Morgan fingerprint density at radius 2 is 1.24 bits per heavy atom. The van der Waals surface area contributed by atoms with Crippen molar-refractivity contribution in [2.75, 3.05) is 13.2 Å². The predicted octanol–water partition coefficient (Wildman–Crippen LogP) is 8.93. The summed E-state index contributed by atoms with van der Waals surface area (Å²) in [6.45, 7) is 29.8. The van der Waals surface area contributed by atoms with E-state index in [1.165, 1.54) is 6.92 Å². The molecule has 2 heterocycles. The van der Waals surface area contributed by atoms with Gasteiger partial charge in [-0.2, -0.15) is 0 Å². The number of hydrogen-bond donors (Lipinski definition) is 0. The molecule has 0 aliphatic heterocycles. The Hall–Kier alpha value is -2.36. The van der Waals surface area contributed by atoms with Crippen molar-refractivity contribution in [1.29, 1.82) is 0 Å². The summed E-state index contributed by atoms with van der Waals surface area (Å²) in [5.41, 5.74) is 2.04. The second kappa shape index (κ2) is 17.7. The molecular formula is C37H64N4O5Si3. The van der Waals surface area contributed by atoms with E-state index in [1.807, 2.05) is 24.8 Å². The minimum absolute atomic E-state index is 0.136. The van der Waals surface area contributed by atoms with Gasteiger partial charge in [0.05, 0.1) is 6.61 Å². The number of carbonyl (C=O) groups excluding carboxylic acids is 1. The van der Waals surface area contributed by atoms with Crippen molar-refractivity contribution >= 4 is 30.4 Å². The largest absolute Gasteiger partial charge is 0.457 e. The van der Waals surface area contributed by atoms with Crippen LogP contribution in [0.15, 0.2) is 49.1 Å². The lowest BCUT2D eigenvalue weighted by atomic mass is 9.88. The highest BCUT2D eigenvalue weighted by Gasteiger charge is 2.37. The van der Waals surface area contributed by atoms with E-state index in [1.54, 1.807) is 0 Å². The molecule has 0 saturated heterocycles. The summed E-state index contributed by atoms with van der Waals surface area (Å²) in [5, 5.41) is 0.136. The molecule has 0 spiro atoms. The monoisotopic (exact) mass is 728 g/mol. The molecule has 0 fully saturated rings. The molecule has 0 saturated carbocycles.